The normalized spacial score (nSPS) is 11.4. The second kappa shape index (κ2) is 7.08. The van der Waals surface area contributed by atoms with Crippen molar-refractivity contribution in [2.24, 2.45) is 0 Å². The Morgan fingerprint density at radius 2 is 2.14 bits per heavy atom. The van der Waals surface area contributed by atoms with Gasteiger partial charge in [0.2, 0.25) is 0 Å². The maximum absolute atomic E-state index is 11.4. The van der Waals surface area contributed by atoms with E-state index in [9.17, 15) is 14.9 Å². The molecule has 0 atom stereocenters. The Hall–Kier alpha value is -2.08. The molecule has 0 aromatic heterocycles. The van der Waals surface area contributed by atoms with Crippen molar-refractivity contribution in [2.75, 3.05) is 6.54 Å². The molecule has 0 saturated heterocycles. The van der Waals surface area contributed by atoms with Crippen molar-refractivity contribution in [3.05, 3.63) is 45.0 Å². The molecule has 0 aliphatic carbocycles. The molecule has 0 heterocycles. The summed E-state index contributed by atoms with van der Waals surface area (Å²) in [5, 5.41) is 13.4. The zero-order chi connectivity index (χ0) is 16.0. The molecule has 1 rings (SSSR count). The maximum atomic E-state index is 11.4. The second-order valence-corrected chi connectivity index (χ2v) is 5.66. The van der Waals surface area contributed by atoms with E-state index in [0.29, 0.717) is 5.56 Å². The minimum absolute atomic E-state index is 0.0871. The molecule has 0 aliphatic heterocycles. The number of rotatable bonds is 4. The molecule has 0 unspecified atom stereocenters. The molecule has 1 N–H and O–H groups in total. The van der Waals surface area contributed by atoms with Crippen LogP contribution in [0.2, 0.25) is 5.02 Å². The van der Waals surface area contributed by atoms with Crippen LogP contribution in [-0.2, 0) is 4.74 Å². The monoisotopic (exact) mass is 312 g/mol. The fraction of sp³-hybridized carbons (Fsp3) is 0.357. The van der Waals surface area contributed by atoms with E-state index in [1.165, 1.54) is 12.1 Å². The highest BCUT2D eigenvalue weighted by atomic mass is 35.5. The van der Waals surface area contributed by atoms with E-state index in [2.05, 4.69) is 5.32 Å². The van der Waals surface area contributed by atoms with Crippen LogP contribution in [0.4, 0.5) is 10.5 Å². The molecular weight excluding hydrogens is 296 g/mol. The van der Waals surface area contributed by atoms with Crippen LogP contribution in [0.25, 0.3) is 6.08 Å². The summed E-state index contributed by atoms with van der Waals surface area (Å²) in [5.74, 6) is 0. The zero-order valence-corrected chi connectivity index (χ0v) is 12.8. The minimum atomic E-state index is -0.551. The van der Waals surface area contributed by atoms with Gasteiger partial charge in [-0.15, -0.1) is 0 Å². The first-order valence-electron chi connectivity index (χ1n) is 6.26. The molecule has 114 valence electrons. The number of nitrogens with zero attached hydrogens (tertiary/aromatic N) is 1. The van der Waals surface area contributed by atoms with Gasteiger partial charge in [-0.3, -0.25) is 10.1 Å². The number of nitro groups is 1. The highest BCUT2D eigenvalue weighted by molar-refractivity contribution is 6.32. The lowest BCUT2D eigenvalue weighted by atomic mass is 10.2. The van der Waals surface area contributed by atoms with E-state index in [1.807, 2.05) is 0 Å². The number of halogens is 1. The predicted octanol–water partition coefficient (Wildman–Crippen LogP) is 3.79. The Kier molecular flexibility index (Phi) is 5.72. The van der Waals surface area contributed by atoms with Crippen LogP contribution in [0, 0.1) is 10.1 Å². The lowest BCUT2D eigenvalue weighted by Gasteiger charge is -2.19. The van der Waals surface area contributed by atoms with E-state index in [4.69, 9.17) is 16.3 Å². The number of carbonyl (C=O) groups excluding carboxylic acids is 1. The third-order valence-electron chi connectivity index (χ3n) is 2.24. The zero-order valence-electron chi connectivity index (χ0n) is 12.1. The standard InChI is InChI=1S/C14H17ClN2O4/c1-14(2,3)21-13(18)16-8-4-5-10-6-7-11(15)12(9-10)17(19)20/h4-7,9H,8H2,1-3H3,(H,16,18). The Morgan fingerprint density at radius 3 is 2.71 bits per heavy atom. The van der Waals surface area contributed by atoms with Crippen molar-refractivity contribution in [3.8, 4) is 0 Å². The van der Waals surface area contributed by atoms with Crippen LogP contribution < -0.4 is 5.32 Å². The molecular formula is C14H17ClN2O4. The number of hydrogen-bond acceptors (Lipinski definition) is 4. The van der Waals surface area contributed by atoms with E-state index in [0.717, 1.165) is 0 Å². The molecule has 0 spiro atoms. The fourth-order valence-electron chi connectivity index (χ4n) is 1.42. The van der Waals surface area contributed by atoms with Crippen molar-refractivity contribution in [3.63, 3.8) is 0 Å². The Bertz CT molecular complexity index is 565. The molecule has 0 aliphatic rings. The van der Waals surface area contributed by atoms with Crippen molar-refractivity contribution in [1.29, 1.82) is 0 Å². The molecule has 0 saturated carbocycles. The Balaban J connectivity index is 2.56. The topological polar surface area (TPSA) is 81.5 Å². The third kappa shape index (κ3) is 6.27. The van der Waals surface area contributed by atoms with Gasteiger partial charge in [-0.1, -0.05) is 29.8 Å². The second-order valence-electron chi connectivity index (χ2n) is 5.25. The lowest BCUT2D eigenvalue weighted by molar-refractivity contribution is -0.384. The average Bonchev–Trinajstić information content (AvgIpc) is 2.34. The Morgan fingerprint density at radius 1 is 1.48 bits per heavy atom. The van der Waals surface area contributed by atoms with Gasteiger partial charge in [0.15, 0.2) is 0 Å². The average molecular weight is 313 g/mol. The smallest absolute Gasteiger partial charge is 0.407 e. The summed E-state index contributed by atoms with van der Waals surface area (Å²) in [6, 6.07) is 4.48. The van der Waals surface area contributed by atoms with Crippen molar-refractivity contribution in [2.45, 2.75) is 26.4 Å². The number of amides is 1. The van der Waals surface area contributed by atoms with Gasteiger partial charge in [0.1, 0.15) is 10.6 Å². The number of hydrogen-bond donors (Lipinski definition) is 1. The van der Waals surface area contributed by atoms with E-state index in [1.54, 1.807) is 39.0 Å². The van der Waals surface area contributed by atoms with Gasteiger partial charge >= 0.3 is 6.09 Å². The summed E-state index contributed by atoms with van der Waals surface area (Å²) in [6.07, 6.45) is 2.80. The van der Waals surface area contributed by atoms with Gasteiger partial charge < -0.3 is 10.1 Å². The third-order valence-corrected chi connectivity index (χ3v) is 2.56. The highest BCUT2D eigenvalue weighted by Gasteiger charge is 2.15. The Labute approximate surface area is 127 Å². The van der Waals surface area contributed by atoms with Crippen molar-refractivity contribution >= 4 is 29.5 Å². The largest absolute Gasteiger partial charge is 0.444 e. The first-order valence-corrected chi connectivity index (χ1v) is 6.64. The van der Waals surface area contributed by atoms with Crippen LogP contribution in [-0.4, -0.2) is 23.2 Å². The number of alkyl carbamates (subject to hydrolysis) is 1. The van der Waals surface area contributed by atoms with Crippen LogP contribution in [0.15, 0.2) is 24.3 Å². The molecule has 21 heavy (non-hydrogen) atoms. The summed E-state index contributed by atoms with van der Waals surface area (Å²) < 4.78 is 5.07. The number of nitrogens with one attached hydrogen (secondary N) is 1. The number of carbonyl (C=O) groups is 1. The molecule has 1 amide bonds. The quantitative estimate of drug-likeness (QED) is 0.677. The van der Waals surface area contributed by atoms with E-state index < -0.39 is 16.6 Å². The summed E-state index contributed by atoms with van der Waals surface area (Å²) in [4.78, 5) is 21.6. The molecule has 1 aromatic carbocycles. The summed E-state index contributed by atoms with van der Waals surface area (Å²) >= 11 is 5.72. The number of benzene rings is 1. The summed E-state index contributed by atoms with van der Waals surface area (Å²) in [6.45, 7) is 5.57. The van der Waals surface area contributed by atoms with Gasteiger partial charge in [-0.05, 0) is 32.4 Å². The van der Waals surface area contributed by atoms with Gasteiger partial charge in [0.25, 0.3) is 5.69 Å². The van der Waals surface area contributed by atoms with Gasteiger partial charge in [-0.2, -0.15) is 0 Å². The van der Waals surface area contributed by atoms with E-state index in [-0.39, 0.29) is 17.3 Å². The number of nitro benzene ring substituents is 1. The summed E-state index contributed by atoms with van der Waals surface area (Å²) in [7, 11) is 0. The minimum Gasteiger partial charge on any atom is -0.444 e. The summed E-state index contributed by atoms with van der Waals surface area (Å²) in [5.41, 5.74) is -0.0825. The lowest BCUT2D eigenvalue weighted by Crippen LogP contribution is -2.32. The highest BCUT2D eigenvalue weighted by Crippen LogP contribution is 2.25. The van der Waals surface area contributed by atoms with Gasteiger partial charge in [0.05, 0.1) is 4.92 Å². The molecule has 1 aromatic rings. The van der Waals surface area contributed by atoms with Crippen LogP contribution >= 0.6 is 11.6 Å². The molecule has 0 radical (unpaired) electrons. The SMILES string of the molecule is CC(C)(C)OC(=O)NCC=Cc1ccc(Cl)c([N+](=O)[O-])c1. The van der Waals surface area contributed by atoms with Crippen LogP contribution in [0.5, 0.6) is 0 Å². The van der Waals surface area contributed by atoms with Gasteiger partial charge in [-0.25, -0.2) is 4.79 Å². The van der Waals surface area contributed by atoms with Crippen LogP contribution in [0.3, 0.4) is 0 Å². The fourth-order valence-corrected chi connectivity index (χ4v) is 1.61. The maximum Gasteiger partial charge on any atom is 0.407 e. The first kappa shape index (κ1) is 17.0. The van der Waals surface area contributed by atoms with Crippen molar-refractivity contribution < 1.29 is 14.5 Å². The number of ether oxygens (including phenoxy) is 1. The van der Waals surface area contributed by atoms with Crippen molar-refractivity contribution in [1.82, 2.24) is 5.32 Å². The molecule has 0 bridgehead atoms. The molecule has 0 fully saturated rings. The van der Waals surface area contributed by atoms with E-state index >= 15 is 0 Å². The van der Waals surface area contributed by atoms with Gasteiger partial charge in [0, 0.05) is 12.6 Å². The molecule has 7 heteroatoms. The van der Waals surface area contributed by atoms with Crippen LogP contribution in [0.1, 0.15) is 26.3 Å². The first-order chi connectivity index (χ1) is 9.69. The predicted molar refractivity (Wildman–Crippen MR) is 81.4 cm³/mol. The molecule has 6 nitrogen and oxygen atoms in total.